The van der Waals surface area contributed by atoms with Crippen LogP contribution in [0.3, 0.4) is 0 Å². The van der Waals surface area contributed by atoms with Gasteiger partial charge in [0.1, 0.15) is 5.82 Å². The minimum Gasteiger partial charge on any atom is -0.338 e. The largest absolute Gasteiger partial charge is 0.338 e. The van der Waals surface area contributed by atoms with Crippen LogP contribution < -0.4 is 0 Å². The van der Waals surface area contributed by atoms with Crippen molar-refractivity contribution in [3.8, 4) is 0 Å². The van der Waals surface area contributed by atoms with Crippen LogP contribution in [0.2, 0.25) is 0 Å². The minimum atomic E-state index is 0.306. The van der Waals surface area contributed by atoms with E-state index in [2.05, 4.69) is 58.5 Å². The number of rotatable bonds is 5. The Labute approximate surface area is 137 Å². The van der Waals surface area contributed by atoms with Crippen molar-refractivity contribution >= 4 is 0 Å². The lowest BCUT2D eigenvalue weighted by Gasteiger charge is -2.32. The molecule has 3 heterocycles. The third-order valence-corrected chi connectivity index (χ3v) is 4.48. The van der Waals surface area contributed by atoms with E-state index in [0.717, 1.165) is 31.3 Å². The van der Waals surface area contributed by atoms with E-state index < -0.39 is 0 Å². The molecule has 0 N–H and O–H groups in total. The van der Waals surface area contributed by atoms with E-state index in [0.29, 0.717) is 17.9 Å². The molecule has 0 saturated carbocycles. The van der Waals surface area contributed by atoms with Gasteiger partial charge < -0.3 is 9.09 Å². The molecule has 6 nitrogen and oxygen atoms in total. The molecule has 0 unspecified atom stereocenters. The van der Waals surface area contributed by atoms with Crippen molar-refractivity contribution in [3.63, 3.8) is 0 Å². The lowest BCUT2D eigenvalue weighted by atomic mass is 9.97. The number of piperidine rings is 1. The lowest BCUT2D eigenvalue weighted by molar-refractivity contribution is 0.172. The lowest BCUT2D eigenvalue weighted by Crippen LogP contribution is -2.35. The van der Waals surface area contributed by atoms with Gasteiger partial charge in [0.2, 0.25) is 5.89 Å². The molecule has 6 heteroatoms. The maximum absolute atomic E-state index is 5.39. The number of hydrogen-bond donors (Lipinski definition) is 0. The number of nitrogens with zero attached hydrogens (tertiary/aromatic N) is 5. The third-order valence-electron chi connectivity index (χ3n) is 4.48. The Morgan fingerprint density at radius 1 is 1.30 bits per heavy atom. The molecule has 0 spiro atoms. The van der Waals surface area contributed by atoms with Crippen molar-refractivity contribution in [1.82, 2.24) is 24.6 Å². The second kappa shape index (κ2) is 6.83. The average Bonchev–Trinajstić information content (AvgIpc) is 3.16. The molecule has 0 aromatic carbocycles. The Bertz CT molecular complexity index is 630. The molecule has 23 heavy (non-hydrogen) atoms. The first-order chi connectivity index (χ1) is 11.0. The summed E-state index contributed by atoms with van der Waals surface area (Å²) in [5.41, 5.74) is 0. The SMILES string of the molecule is CC(C)c1noc(CN2CCC[C@@H](c3nccn3C(C)C)C2)n1. The van der Waals surface area contributed by atoms with Crippen molar-refractivity contribution in [2.24, 2.45) is 0 Å². The van der Waals surface area contributed by atoms with Gasteiger partial charge in [-0.05, 0) is 33.2 Å². The molecule has 1 aliphatic heterocycles. The number of imidazole rings is 1. The Balaban J connectivity index is 1.67. The first kappa shape index (κ1) is 16.2. The second-order valence-electron chi connectivity index (χ2n) is 7.06. The van der Waals surface area contributed by atoms with Crippen LogP contribution in [0.15, 0.2) is 16.9 Å². The van der Waals surface area contributed by atoms with Gasteiger partial charge in [-0.2, -0.15) is 4.98 Å². The minimum absolute atomic E-state index is 0.306. The fourth-order valence-electron chi connectivity index (χ4n) is 3.25. The van der Waals surface area contributed by atoms with Crippen LogP contribution in [0.25, 0.3) is 0 Å². The number of likely N-dealkylation sites (tertiary alicyclic amines) is 1. The highest BCUT2D eigenvalue weighted by Gasteiger charge is 2.26. The van der Waals surface area contributed by atoms with Crippen LogP contribution >= 0.6 is 0 Å². The Morgan fingerprint density at radius 2 is 2.13 bits per heavy atom. The summed E-state index contributed by atoms with van der Waals surface area (Å²) in [4.78, 5) is 11.5. The normalized spacial score (nSPS) is 19.8. The van der Waals surface area contributed by atoms with Crippen LogP contribution in [0.5, 0.6) is 0 Å². The van der Waals surface area contributed by atoms with Crippen molar-refractivity contribution in [3.05, 3.63) is 29.9 Å². The van der Waals surface area contributed by atoms with Gasteiger partial charge in [0.15, 0.2) is 5.82 Å². The Hall–Kier alpha value is -1.69. The molecular formula is C17H27N5O. The summed E-state index contributed by atoms with van der Waals surface area (Å²) < 4.78 is 7.68. The highest BCUT2D eigenvalue weighted by atomic mass is 16.5. The van der Waals surface area contributed by atoms with Crippen molar-refractivity contribution in [2.45, 2.75) is 65.0 Å². The monoisotopic (exact) mass is 317 g/mol. The van der Waals surface area contributed by atoms with E-state index in [-0.39, 0.29) is 0 Å². The topological polar surface area (TPSA) is 60.0 Å². The van der Waals surface area contributed by atoms with E-state index in [1.54, 1.807) is 0 Å². The predicted molar refractivity (Wildman–Crippen MR) is 88.3 cm³/mol. The van der Waals surface area contributed by atoms with E-state index in [4.69, 9.17) is 4.52 Å². The molecular weight excluding hydrogens is 290 g/mol. The summed E-state index contributed by atoms with van der Waals surface area (Å²) in [5.74, 6) is 3.51. The zero-order chi connectivity index (χ0) is 16.4. The average molecular weight is 317 g/mol. The first-order valence-electron chi connectivity index (χ1n) is 8.62. The fraction of sp³-hybridized carbons (Fsp3) is 0.706. The number of aromatic nitrogens is 4. The van der Waals surface area contributed by atoms with Crippen molar-refractivity contribution in [2.75, 3.05) is 13.1 Å². The first-order valence-corrected chi connectivity index (χ1v) is 8.62. The van der Waals surface area contributed by atoms with Crippen LogP contribution in [0.1, 0.15) is 76.0 Å². The summed E-state index contributed by atoms with van der Waals surface area (Å²) in [6, 6.07) is 0.451. The summed E-state index contributed by atoms with van der Waals surface area (Å²) in [6.45, 7) is 11.4. The van der Waals surface area contributed by atoms with Gasteiger partial charge in [0, 0.05) is 36.8 Å². The summed E-state index contributed by atoms with van der Waals surface area (Å²) in [6.07, 6.45) is 6.38. The van der Waals surface area contributed by atoms with E-state index in [1.807, 2.05) is 6.20 Å². The molecule has 1 aliphatic rings. The molecule has 0 amide bonds. The van der Waals surface area contributed by atoms with Gasteiger partial charge in [-0.1, -0.05) is 19.0 Å². The molecule has 0 radical (unpaired) electrons. The predicted octanol–water partition coefficient (Wildman–Crippen LogP) is 3.35. The quantitative estimate of drug-likeness (QED) is 0.846. The van der Waals surface area contributed by atoms with E-state index in [9.17, 15) is 0 Å². The summed E-state index contributed by atoms with van der Waals surface area (Å²) in [7, 11) is 0. The van der Waals surface area contributed by atoms with Crippen LogP contribution in [0.4, 0.5) is 0 Å². The van der Waals surface area contributed by atoms with Gasteiger partial charge in [-0.25, -0.2) is 4.98 Å². The van der Waals surface area contributed by atoms with Crippen molar-refractivity contribution < 1.29 is 4.52 Å². The Kier molecular flexibility index (Phi) is 4.80. The van der Waals surface area contributed by atoms with Crippen LogP contribution in [-0.2, 0) is 6.54 Å². The van der Waals surface area contributed by atoms with Gasteiger partial charge in [-0.15, -0.1) is 0 Å². The third kappa shape index (κ3) is 3.63. The molecule has 0 bridgehead atoms. The van der Waals surface area contributed by atoms with Gasteiger partial charge in [0.05, 0.1) is 6.54 Å². The highest BCUT2D eigenvalue weighted by Crippen LogP contribution is 2.28. The van der Waals surface area contributed by atoms with Gasteiger partial charge in [-0.3, -0.25) is 4.90 Å². The number of hydrogen-bond acceptors (Lipinski definition) is 5. The second-order valence-corrected chi connectivity index (χ2v) is 7.06. The molecule has 2 aromatic heterocycles. The zero-order valence-corrected chi connectivity index (χ0v) is 14.6. The molecule has 0 aliphatic carbocycles. The summed E-state index contributed by atoms with van der Waals surface area (Å²) >= 11 is 0. The maximum Gasteiger partial charge on any atom is 0.240 e. The van der Waals surface area contributed by atoms with Crippen LogP contribution in [0, 0.1) is 0 Å². The van der Waals surface area contributed by atoms with Crippen LogP contribution in [-0.4, -0.2) is 37.7 Å². The zero-order valence-electron chi connectivity index (χ0n) is 14.6. The standard InChI is InChI=1S/C17H27N5O/c1-12(2)16-19-15(23-20-16)11-21-8-5-6-14(10-21)17-18-7-9-22(17)13(3)4/h7,9,12-14H,5-6,8,10-11H2,1-4H3/t14-/m1/s1. The van der Waals surface area contributed by atoms with E-state index in [1.165, 1.54) is 18.7 Å². The molecule has 1 fully saturated rings. The van der Waals surface area contributed by atoms with E-state index >= 15 is 0 Å². The smallest absolute Gasteiger partial charge is 0.240 e. The molecule has 1 saturated heterocycles. The maximum atomic E-state index is 5.39. The van der Waals surface area contributed by atoms with Gasteiger partial charge >= 0.3 is 0 Å². The molecule has 2 aromatic rings. The summed E-state index contributed by atoms with van der Waals surface area (Å²) in [5, 5.41) is 4.06. The molecule has 1 atom stereocenters. The molecule has 126 valence electrons. The van der Waals surface area contributed by atoms with Crippen molar-refractivity contribution in [1.29, 1.82) is 0 Å². The van der Waals surface area contributed by atoms with Gasteiger partial charge in [0.25, 0.3) is 0 Å². The fourth-order valence-corrected chi connectivity index (χ4v) is 3.25. The molecule has 3 rings (SSSR count). The Morgan fingerprint density at radius 3 is 2.83 bits per heavy atom. The highest BCUT2D eigenvalue weighted by molar-refractivity contribution is 5.04.